The van der Waals surface area contributed by atoms with E-state index in [0.717, 1.165) is 36.7 Å². The van der Waals surface area contributed by atoms with Crippen molar-refractivity contribution in [2.75, 3.05) is 5.75 Å². The molecule has 0 bridgehead atoms. The van der Waals surface area contributed by atoms with Gasteiger partial charge in [0.1, 0.15) is 11.3 Å². The number of carbonyl (C=O) groups excluding carboxylic acids is 1. The predicted octanol–water partition coefficient (Wildman–Crippen LogP) is 2.61. The third-order valence-corrected chi connectivity index (χ3v) is 5.06. The van der Waals surface area contributed by atoms with Crippen LogP contribution in [0.5, 0.6) is 5.75 Å². The second kappa shape index (κ2) is 8.05. The summed E-state index contributed by atoms with van der Waals surface area (Å²) in [5, 5.41) is 23.5. The van der Waals surface area contributed by atoms with Gasteiger partial charge in [0.05, 0.1) is 17.5 Å². The molecular weight excluding hydrogens is 397 g/mol. The van der Waals surface area contributed by atoms with E-state index < -0.39 is 11.9 Å². The molecule has 3 rings (SSSR count). The lowest BCUT2D eigenvalue weighted by molar-refractivity contribution is -0.274. The molecule has 1 aliphatic carbocycles. The van der Waals surface area contributed by atoms with Crippen LogP contribution in [0.4, 0.5) is 13.2 Å². The molecule has 0 unspecified atom stereocenters. The van der Waals surface area contributed by atoms with Crippen molar-refractivity contribution in [3.05, 3.63) is 24.3 Å². The molecule has 0 aliphatic heterocycles. The van der Waals surface area contributed by atoms with Crippen molar-refractivity contribution in [1.29, 1.82) is 5.26 Å². The maximum Gasteiger partial charge on any atom is 0.573 e. The third kappa shape index (κ3) is 4.92. The van der Waals surface area contributed by atoms with Gasteiger partial charge in [0, 0.05) is 0 Å². The maximum atomic E-state index is 12.2. The Morgan fingerprint density at radius 3 is 2.61 bits per heavy atom. The highest BCUT2D eigenvalue weighted by atomic mass is 32.2. The van der Waals surface area contributed by atoms with Gasteiger partial charge in [-0.15, -0.1) is 18.3 Å². The Kier molecular flexibility index (Phi) is 5.73. The summed E-state index contributed by atoms with van der Waals surface area (Å²) in [6.07, 6.45) is -1.72. The number of nitriles is 1. The summed E-state index contributed by atoms with van der Waals surface area (Å²) in [4.78, 5) is 12.2. The van der Waals surface area contributed by atoms with Gasteiger partial charge < -0.3 is 10.1 Å². The minimum Gasteiger partial charge on any atom is -0.406 e. The molecule has 1 saturated carbocycles. The molecule has 1 N–H and O–H groups in total. The number of amides is 1. The largest absolute Gasteiger partial charge is 0.573 e. The summed E-state index contributed by atoms with van der Waals surface area (Å²) in [6, 6.07) is 7.20. The van der Waals surface area contributed by atoms with Crippen molar-refractivity contribution < 1.29 is 22.7 Å². The fraction of sp³-hybridized carbons (Fsp3) is 0.438. The molecule has 28 heavy (non-hydrogen) atoms. The maximum absolute atomic E-state index is 12.2. The van der Waals surface area contributed by atoms with Crippen LogP contribution in [0.3, 0.4) is 0 Å². The summed E-state index contributed by atoms with van der Waals surface area (Å²) in [5.74, 6) is -0.674. The Morgan fingerprint density at radius 1 is 1.32 bits per heavy atom. The Labute approximate surface area is 162 Å². The Morgan fingerprint density at radius 2 is 2.00 bits per heavy atom. The van der Waals surface area contributed by atoms with E-state index in [1.807, 2.05) is 0 Å². The van der Waals surface area contributed by atoms with Crippen LogP contribution in [-0.4, -0.2) is 43.8 Å². The molecule has 1 aromatic carbocycles. The minimum atomic E-state index is -4.77. The van der Waals surface area contributed by atoms with Crippen LogP contribution in [0.2, 0.25) is 0 Å². The Hall–Kier alpha value is -2.81. The van der Waals surface area contributed by atoms with Crippen LogP contribution < -0.4 is 10.1 Å². The number of thioether (sulfide) groups is 1. The second-order valence-electron chi connectivity index (χ2n) is 6.15. The van der Waals surface area contributed by atoms with E-state index in [0.29, 0.717) is 18.5 Å². The molecule has 0 saturated heterocycles. The van der Waals surface area contributed by atoms with Gasteiger partial charge in [-0.2, -0.15) is 9.94 Å². The van der Waals surface area contributed by atoms with E-state index in [9.17, 15) is 23.2 Å². The molecule has 0 radical (unpaired) electrons. The number of aromatic nitrogens is 4. The first-order chi connectivity index (χ1) is 13.3. The standard InChI is InChI=1S/C16H15F3N6O2S/c17-16(18,19)27-12-5-3-11(4-6-12)25-14(22-23-24-25)28-9-13(26)21-15(10-20)7-1-2-8-15/h3-6H,1-2,7-9H2,(H,21,26). The van der Waals surface area contributed by atoms with Gasteiger partial charge in [-0.25, -0.2) is 0 Å². The number of ether oxygens (including phenoxy) is 1. The van der Waals surface area contributed by atoms with Crippen LogP contribution in [0.15, 0.2) is 29.4 Å². The molecule has 2 aromatic rings. The van der Waals surface area contributed by atoms with Crippen molar-refractivity contribution in [1.82, 2.24) is 25.5 Å². The van der Waals surface area contributed by atoms with Crippen LogP contribution in [-0.2, 0) is 4.79 Å². The minimum absolute atomic E-state index is 0.000921. The molecule has 1 aromatic heterocycles. The van der Waals surface area contributed by atoms with E-state index >= 15 is 0 Å². The van der Waals surface area contributed by atoms with E-state index in [4.69, 9.17) is 0 Å². The number of hydrogen-bond donors (Lipinski definition) is 1. The number of carbonyl (C=O) groups is 1. The van der Waals surface area contributed by atoms with Gasteiger partial charge in [0.25, 0.3) is 0 Å². The fourth-order valence-electron chi connectivity index (χ4n) is 2.90. The molecule has 0 atom stereocenters. The highest BCUT2D eigenvalue weighted by Crippen LogP contribution is 2.29. The summed E-state index contributed by atoms with van der Waals surface area (Å²) in [7, 11) is 0. The molecule has 0 spiro atoms. The van der Waals surface area contributed by atoms with Crippen molar-refractivity contribution in [3.8, 4) is 17.5 Å². The first kappa shape index (κ1) is 19.9. The summed E-state index contributed by atoms with van der Waals surface area (Å²) in [5.41, 5.74) is -0.399. The lowest BCUT2D eigenvalue weighted by Gasteiger charge is -2.21. The van der Waals surface area contributed by atoms with E-state index in [2.05, 4.69) is 31.6 Å². The molecule has 8 nitrogen and oxygen atoms in total. The summed E-state index contributed by atoms with van der Waals surface area (Å²) in [6.45, 7) is 0. The highest BCUT2D eigenvalue weighted by Gasteiger charge is 2.35. The van der Waals surface area contributed by atoms with Gasteiger partial charge in [-0.05, 0) is 60.4 Å². The molecule has 12 heteroatoms. The van der Waals surface area contributed by atoms with Crippen molar-refractivity contribution in [3.63, 3.8) is 0 Å². The number of benzene rings is 1. The normalized spacial score (nSPS) is 15.8. The Bertz CT molecular complexity index is 872. The summed E-state index contributed by atoms with van der Waals surface area (Å²) < 4.78 is 41.8. The molecular formula is C16H15F3N6O2S. The molecule has 1 aliphatic rings. The number of alkyl halides is 3. The zero-order valence-electron chi connectivity index (χ0n) is 14.4. The Balaban J connectivity index is 1.62. The van der Waals surface area contributed by atoms with Crippen molar-refractivity contribution >= 4 is 17.7 Å². The number of hydrogen-bond acceptors (Lipinski definition) is 7. The number of halogens is 3. The monoisotopic (exact) mass is 412 g/mol. The second-order valence-corrected chi connectivity index (χ2v) is 7.10. The van der Waals surface area contributed by atoms with Crippen LogP contribution in [0, 0.1) is 11.3 Å². The van der Waals surface area contributed by atoms with Crippen LogP contribution in [0.25, 0.3) is 5.69 Å². The summed E-state index contributed by atoms with van der Waals surface area (Å²) >= 11 is 1.06. The molecule has 1 fully saturated rings. The lowest BCUT2D eigenvalue weighted by Crippen LogP contribution is -2.45. The van der Waals surface area contributed by atoms with E-state index in [1.54, 1.807) is 0 Å². The quantitative estimate of drug-likeness (QED) is 0.727. The fourth-order valence-corrected chi connectivity index (χ4v) is 3.59. The van der Waals surface area contributed by atoms with Crippen molar-refractivity contribution in [2.45, 2.75) is 42.7 Å². The average Bonchev–Trinajstić information content (AvgIpc) is 3.29. The van der Waals surface area contributed by atoms with Gasteiger partial charge in [-0.3, -0.25) is 4.79 Å². The number of tetrazole rings is 1. The van der Waals surface area contributed by atoms with Crippen LogP contribution >= 0.6 is 11.8 Å². The van der Waals surface area contributed by atoms with Crippen molar-refractivity contribution in [2.24, 2.45) is 0 Å². The number of nitrogens with zero attached hydrogens (tertiary/aromatic N) is 5. The van der Waals surface area contributed by atoms with Crippen LogP contribution in [0.1, 0.15) is 25.7 Å². The molecule has 1 amide bonds. The SMILES string of the molecule is N#CC1(NC(=O)CSc2nnnn2-c2ccc(OC(F)(F)F)cc2)CCCC1. The zero-order valence-corrected chi connectivity index (χ0v) is 15.3. The average molecular weight is 412 g/mol. The number of rotatable bonds is 6. The molecule has 148 valence electrons. The lowest BCUT2D eigenvalue weighted by atomic mass is 10.0. The van der Waals surface area contributed by atoms with Gasteiger partial charge >= 0.3 is 6.36 Å². The first-order valence-corrected chi connectivity index (χ1v) is 9.28. The van der Waals surface area contributed by atoms with Gasteiger partial charge in [0.2, 0.25) is 11.1 Å². The molecule has 1 heterocycles. The van der Waals surface area contributed by atoms with Gasteiger partial charge in [-0.1, -0.05) is 11.8 Å². The smallest absolute Gasteiger partial charge is 0.406 e. The third-order valence-electron chi connectivity index (χ3n) is 4.14. The topological polar surface area (TPSA) is 106 Å². The zero-order chi connectivity index (χ0) is 20.2. The van der Waals surface area contributed by atoms with Gasteiger partial charge in [0.15, 0.2) is 0 Å². The highest BCUT2D eigenvalue weighted by molar-refractivity contribution is 7.99. The van der Waals surface area contributed by atoms with E-state index in [-0.39, 0.29) is 22.6 Å². The predicted molar refractivity (Wildman–Crippen MR) is 91.5 cm³/mol. The number of nitrogens with one attached hydrogen (secondary N) is 1. The van der Waals surface area contributed by atoms with E-state index in [1.165, 1.54) is 16.8 Å². The first-order valence-electron chi connectivity index (χ1n) is 8.30.